The Morgan fingerprint density at radius 3 is 2.05 bits per heavy atom. The first-order valence-corrected chi connectivity index (χ1v) is 11.3. The third-order valence-corrected chi connectivity index (χ3v) is 7.00. The molecule has 126 valence electrons. The Labute approximate surface area is 129 Å². The Hall–Kier alpha value is -0.180. The summed E-state index contributed by atoms with van der Waals surface area (Å²) in [6.45, 7) is 0.831. The molecule has 1 rings (SSSR count). The topological polar surface area (TPSA) is 97.5 Å². The number of hydrogen-bond donors (Lipinski definition) is 1. The summed E-state index contributed by atoms with van der Waals surface area (Å²) >= 11 is 0. The van der Waals surface area contributed by atoms with Gasteiger partial charge < -0.3 is 5.73 Å². The second-order valence-corrected chi connectivity index (χ2v) is 10.1. The van der Waals surface area contributed by atoms with Gasteiger partial charge in [-0.05, 0) is 25.8 Å². The summed E-state index contributed by atoms with van der Waals surface area (Å²) in [5, 5.41) is 0. The lowest BCUT2D eigenvalue weighted by molar-refractivity contribution is 0.291. The van der Waals surface area contributed by atoms with E-state index in [1.54, 1.807) is 0 Å². The van der Waals surface area contributed by atoms with E-state index in [9.17, 15) is 16.8 Å². The first-order chi connectivity index (χ1) is 9.76. The van der Waals surface area contributed by atoms with Gasteiger partial charge >= 0.3 is 0 Å². The second kappa shape index (κ2) is 8.45. The standard InChI is InChI=1S/C13H28N2O4S2/c1-20(16,17)11-12-21(18,19)15(10-6-9-14)13-7-4-2-3-5-8-13/h13H,2-12,14H2,1H3. The third kappa shape index (κ3) is 7.08. The molecular weight excluding hydrogens is 312 g/mol. The van der Waals surface area contributed by atoms with Crippen LogP contribution in [0.15, 0.2) is 0 Å². The number of nitrogens with two attached hydrogens (primary N) is 1. The molecule has 1 saturated carbocycles. The fourth-order valence-electron chi connectivity index (χ4n) is 2.72. The zero-order valence-corrected chi connectivity index (χ0v) is 14.5. The van der Waals surface area contributed by atoms with E-state index in [2.05, 4.69) is 0 Å². The summed E-state index contributed by atoms with van der Waals surface area (Å²) in [5.41, 5.74) is 5.51. The molecule has 1 aliphatic carbocycles. The predicted molar refractivity (Wildman–Crippen MR) is 85.4 cm³/mol. The first kappa shape index (κ1) is 18.9. The van der Waals surface area contributed by atoms with Crippen molar-refractivity contribution >= 4 is 19.9 Å². The van der Waals surface area contributed by atoms with Gasteiger partial charge in [-0.1, -0.05) is 25.7 Å². The lowest BCUT2D eigenvalue weighted by Crippen LogP contribution is -2.43. The van der Waals surface area contributed by atoms with Crippen molar-refractivity contribution in [2.45, 2.75) is 51.0 Å². The van der Waals surface area contributed by atoms with E-state index in [0.717, 1.165) is 44.8 Å². The van der Waals surface area contributed by atoms with Crippen molar-refractivity contribution in [2.24, 2.45) is 5.73 Å². The lowest BCUT2D eigenvalue weighted by atomic mass is 10.1. The molecule has 0 aromatic rings. The summed E-state index contributed by atoms with van der Waals surface area (Å²) in [7, 11) is -6.82. The quantitative estimate of drug-likeness (QED) is 0.657. The molecule has 0 aromatic heterocycles. The Morgan fingerprint density at radius 1 is 1.00 bits per heavy atom. The van der Waals surface area contributed by atoms with Gasteiger partial charge in [0.2, 0.25) is 10.0 Å². The molecule has 0 aromatic carbocycles. The summed E-state index contributed by atoms with van der Waals surface area (Å²) in [5.74, 6) is -0.645. The van der Waals surface area contributed by atoms with Crippen LogP contribution in [0.25, 0.3) is 0 Å². The van der Waals surface area contributed by atoms with Gasteiger partial charge in [-0.25, -0.2) is 16.8 Å². The van der Waals surface area contributed by atoms with Crippen LogP contribution in [0.1, 0.15) is 44.9 Å². The molecule has 21 heavy (non-hydrogen) atoms. The van der Waals surface area contributed by atoms with E-state index in [1.165, 1.54) is 4.31 Å². The van der Waals surface area contributed by atoms with Crippen molar-refractivity contribution in [1.82, 2.24) is 4.31 Å². The van der Waals surface area contributed by atoms with Crippen LogP contribution in [0.3, 0.4) is 0 Å². The molecule has 0 heterocycles. The fourth-order valence-corrected chi connectivity index (χ4v) is 6.08. The molecule has 0 atom stereocenters. The van der Waals surface area contributed by atoms with Crippen LogP contribution >= 0.6 is 0 Å². The number of hydrogen-bond acceptors (Lipinski definition) is 5. The minimum atomic E-state index is -3.55. The molecule has 0 unspecified atom stereocenters. The Balaban J connectivity index is 2.83. The average molecular weight is 341 g/mol. The molecule has 0 bridgehead atoms. The highest BCUT2D eigenvalue weighted by atomic mass is 32.2. The van der Waals surface area contributed by atoms with Gasteiger partial charge in [-0.2, -0.15) is 4.31 Å². The van der Waals surface area contributed by atoms with Crippen LogP contribution in [0.5, 0.6) is 0 Å². The molecule has 0 amide bonds. The molecule has 0 spiro atoms. The fraction of sp³-hybridized carbons (Fsp3) is 1.00. The molecule has 0 saturated heterocycles. The highest BCUT2D eigenvalue weighted by Crippen LogP contribution is 2.24. The Kier molecular flexibility index (Phi) is 7.59. The lowest BCUT2D eigenvalue weighted by Gasteiger charge is -2.30. The predicted octanol–water partition coefficient (Wildman–Crippen LogP) is 0.734. The highest BCUT2D eigenvalue weighted by Gasteiger charge is 2.30. The van der Waals surface area contributed by atoms with Crippen LogP contribution < -0.4 is 5.73 Å². The van der Waals surface area contributed by atoms with E-state index >= 15 is 0 Å². The van der Waals surface area contributed by atoms with Crippen LogP contribution in [-0.2, 0) is 19.9 Å². The Bertz CT molecular complexity index is 494. The monoisotopic (exact) mass is 340 g/mol. The van der Waals surface area contributed by atoms with Crippen molar-refractivity contribution in [3.8, 4) is 0 Å². The van der Waals surface area contributed by atoms with Crippen LogP contribution in [-0.4, -0.2) is 58.0 Å². The number of rotatable bonds is 8. The third-order valence-electron chi connectivity index (χ3n) is 3.88. The van der Waals surface area contributed by atoms with Crippen LogP contribution in [0.4, 0.5) is 0 Å². The normalized spacial score (nSPS) is 18.8. The average Bonchev–Trinajstić information content (AvgIpc) is 2.65. The van der Waals surface area contributed by atoms with E-state index in [4.69, 9.17) is 5.73 Å². The molecule has 1 fully saturated rings. The molecule has 0 aliphatic heterocycles. The van der Waals surface area contributed by atoms with Crippen molar-refractivity contribution in [1.29, 1.82) is 0 Å². The number of nitrogens with zero attached hydrogens (tertiary/aromatic N) is 1. The second-order valence-electron chi connectivity index (χ2n) is 5.84. The van der Waals surface area contributed by atoms with Crippen molar-refractivity contribution in [3.63, 3.8) is 0 Å². The molecule has 0 radical (unpaired) electrons. The van der Waals surface area contributed by atoms with Gasteiger partial charge in [0.1, 0.15) is 9.84 Å². The maximum Gasteiger partial charge on any atom is 0.215 e. The maximum atomic E-state index is 12.5. The van der Waals surface area contributed by atoms with Gasteiger partial charge in [-0.15, -0.1) is 0 Å². The Morgan fingerprint density at radius 2 is 1.57 bits per heavy atom. The van der Waals surface area contributed by atoms with Crippen LogP contribution in [0, 0.1) is 0 Å². The molecule has 1 aliphatic rings. The maximum absolute atomic E-state index is 12.5. The van der Waals surface area contributed by atoms with Crippen molar-refractivity contribution in [3.05, 3.63) is 0 Å². The largest absolute Gasteiger partial charge is 0.330 e. The summed E-state index contributed by atoms with van der Waals surface area (Å²) in [4.78, 5) is 0. The van der Waals surface area contributed by atoms with Crippen LogP contribution in [0.2, 0.25) is 0 Å². The zero-order valence-electron chi connectivity index (χ0n) is 12.8. The first-order valence-electron chi connectivity index (χ1n) is 7.63. The highest BCUT2D eigenvalue weighted by molar-refractivity contribution is 7.93. The van der Waals surface area contributed by atoms with E-state index < -0.39 is 19.9 Å². The van der Waals surface area contributed by atoms with Gasteiger partial charge in [0, 0.05) is 18.8 Å². The van der Waals surface area contributed by atoms with E-state index in [0.29, 0.717) is 19.5 Å². The van der Waals surface area contributed by atoms with E-state index in [1.807, 2.05) is 0 Å². The van der Waals surface area contributed by atoms with Crippen molar-refractivity contribution in [2.75, 3.05) is 30.9 Å². The minimum absolute atomic E-state index is 0.00334. The van der Waals surface area contributed by atoms with Gasteiger partial charge in [0.05, 0.1) is 11.5 Å². The number of sulfone groups is 1. The summed E-state index contributed by atoms with van der Waals surface area (Å²) in [6.07, 6.45) is 7.75. The van der Waals surface area contributed by atoms with Gasteiger partial charge in [-0.3, -0.25) is 0 Å². The van der Waals surface area contributed by atoms with Gasteiger partial charge in [0.25, 0.3) is 0 Å². The SMILES string of the molecule is CS(=O)(=O)CCS(=O)(=O)N(CCCN)C1CCCCCC1. The van der Waals surface area contributed by atoms with E-state index in [-0.39, 0.29) is 17.5 Å². The van der Waals surface area contributed by atoms with Gasteiger partial charge in [0.15, 0.2) is 0 Å². The molecular formula is C13H28N2O4S2. The zero-order chi connectivity index (χ0) is 15.9. The molecule has 8 heteroatoms. The minimum Gasteiger partial charge on any atom is -0.330 e. The number of sulfonamides is 1. The molecule has 2 N–H and O–H groups in total. The summed E-state index contributed by atoms with van der Waals surface area (Å²) < 4.78 is 49.0. The van der Waals surface area contributed by atoms with Crippen molar-refractivity contribution < 1.29 is 16.8 Å². The summed E-state index contributed by atoms with van der Waals surface area (Å²) in [6, 6.07) is 0.00334. The smallest absolute Gasteiger partial charge is 0.215 e. The molecule has 6 nitrogen and oxygen atoms in total.